The van der Waals surface area contributed by atoms with E-state index in [4.69, 9.17) is 0 Å². The van der Waals surface area contributed by atoms with Crippen molar-refractivity contribution in [1.82, 2.24) is 0 Å². The summed E-state index contributed by atoms with van der Waals surface area (Å²) in [5, 5.41) is 10.1. The van der Waals surface area contributed by atoms with Crippen LogP contribution >= 0.6 is 0 Å². The summed E-state index contributed by atoms with van der Waals surface area (Å²) < 4.78 is 0. The van der Waals surface area contributed by atoms with Crippen molar-refractivity contribution >= 4 is 0 Å². The van der Waals surface area contributed by atoms with Crippen molar-refractivity contribution in [3.63, 3.8) is 0 Å². The van der Waals surface area contributed by atoms with Crippen LogP contribution in [0.3, 0.4) is 0 Å². The van der Waals surface area contributed by atoms with Gasteiger partial charge in [-0.05, 0) is 29.7 Å². The minimum Gasteiger partial charge on any atom is -0.264 e. The van der Waals surface area contributed by atoms with E-state index in [0.717, 1.165) is 12.0 Å². The lowest BCUT2D eigenvalue weighted by molar-refractivity contribution is -0.470. The van der Waals surface area contributed by atoms with E-state index in [9.17, 15) is 10.1 Å². The smallest absolute Gasteiger partial charge is 0.228 e. The van der Waals surface area contributed by atoms with Gasteiger partial charge in [0.1, 0.15) is 0 Å². The number of nitrogens with zero attached hydrogens (tertiary/aromatic N) is 1. The summed E-state index contributed by atoms with van der Waals surface area (Å²) in [6, 6.07) is 0. The highest BCUT2D eigenvalue weighted by atomic mass is 16.6. The van der Waals surface area contributed by atoms with Gasteiger partial charge in [-0.3, -0.25) is 10.1 Å². The zero-order chi connectivity index (χ0) is 7.84. The molecule has 2 aliphatic rings. The van der Waals surface area contributed by atoms with E-state index in [0.29, 0.717) is 0 Å². The van der Waals surface area contributed by atoms with Crippen LogP contribution < -0.4 is 0 Å². The van der Waals surface area contributed by atoms with Crippen LogP contribution in [0.25, 0.3) is 0 Å². The first-order chi connectivity index (χ1) is 5.25. The Kier molecular flexibility index (Phi) is 1.18. The molecule has 2 aliphatic carbocycles. The molecular weight excluding hydrogens is 142 g/mol. The Hall–Kier alpha value is -1.38. The van der Waals surface area contributed by atoms with Crippen LogP contribution in [0.1, 0.15) is 6.42 Å². The molecule has 3 heteroatoms. The predicted molar refractivity (Wildman–Crippen MR) is 40.7 cm³/mol. The van der Waals surface area contributed by atoms with Gasteiger partial charge in [0, 0.05) is 10.5 Å². The quantitative estimate of drug-likeness (QED) is 0.440. The molecular formula is C8H7NO2. The van der Waals surface area contributed by atoms with Crippen molar-refractivity contribution in [2.24, 2.45) is 0 Å². The first-order valence-electron chi connectivity index (χ1n) is 3.49. The molecule has 56 valence electrons. The summed E-state index contributed by atoms with van der Waals surface area (Å²) >= 11 is 0. The van der Waals surface area contributed by atoms with Gasteiger partial charge in [0.25, 0.3) is 0 Å². The highest BCUT2D eigenvalue weighted by Gasteiger charge is 2.19. The van der Waals surface area contributed by atoms with E-state index >= 15 is 0 Å². The number of hydrogen-bond donors (Lipinski definition) is 0. The highest BCUT2D eigenvalue weighted by molar-refractivity contribution is 5.59. The van der Waals surface area contributed by atoms with Gasteiger partial charge in [0.15, 0.2) is 0 Å². The Morgan fingerprint density at radius 1 is 1.55 bits per heavy atom. The lowest BCUT2D eigenvalue weighted by Gasteiger charge is -2.09. The molecule has 0 bridgehead atoms. The number of hydrogen-bond acceptors (Lipinski definition) is 2. The van der Waals surface area contributed by atoms with E-state index in [1.54, 1.807) is 0 Å². The summed E-state index contributed by atoms with van der Waals surface area (Å²) in [5.74, 6) is 0. The zero-order valence-electron chi connectivity index (χ0n) is 5.91. The van der Waals surface area contributed by atoms with E-state index in [-0.39, 0.29) is 11.5 Å². The van der Waals surface area contributed by atoms with Gasteiger partial charge in [-0.1, -0.05) is 6.08 Å². The van der Waals surface area contributed by atoms with Gasteiger partial charge >= 0.3 is 0 Å². The van der Waals surface area contributed by atoms with Gasteiger partial charge in [-0.25, -0.2) is 0 Å². The lowest BCUT2D eigenvalue weighted by Crippen LogP contribution is -2.00. The monoisotopic (exact) mass is 149 g/mol. The first-order valence-corrected chi connectivity index (χ1v) is 3.49. The predicted octanol–water partition coefficient (Wildman–Crippen LogP) is 1.46. The second kappa shape index (κ2) is 2.05. The van der Waals surface area contributed by atoms with Crippen molar-refractivity contribution in [1.29, 1.82) is 0 Å². The van der Waals surface area contributed by atoms with Crippen LogP contribution in [0, 0.1) is 10.1 Å². The molecule has 0 unspecified atom stereocenters. The average molecular weight is 149 g/mol. The number of allylic oxidation sites excluding steroid dienone is 4. The number of rotatable bonds is 2. The van der Waals surface area contributed by atoms with E-state index in [2.05, 4.69) is 6.08 Å². The molecule has 11 heavy (non-hydrogen) atoms. The molecule has 0 amide bonds. The highest BCUT2D eigenvalue weighted by Crippen LogP contribution is 2.34. The van der Waals surface area contributed by atoms with Gasteiger partial charge in [0.05, 0.1) is 0 Å². The molecule has 0 aliphatic heterocycles. The molecule has 0 fully saturated rings. The minimum absolute atomic E-state index is 0.0408. The topological polar surface area (TPSA) is 43.1 Å². The third-order valence-electron chi connectivity index (χ3n) is 1.92. The number of fused-ring (bicyclic) bond motifs is 1. The van der Waals surface area contributed by atoms with Gasteiger partial charge in [-0.15, -0.1) is 0 Å². The maximum absolute atomic E-state index is 10.1. The van der Waals surface area contributed by atoms with Crippen LogP contribution in [0.2, 0.25) is 0 Å². The van der Waals surface area contributed by atoms with Crippen molar-refractivity contribution in [3.8, 4) is 0 Å². The summed E-state index contributed by atoms with van der Waals surface area (Å²) in [5.41, 5.74) is 3.26. The molecule has 3 nitrogen and oxygen atoms in total. The van der Waals surface area contributed by atoms with Crippen LogP contribution in [0.15, 0.2) is 34.9 Å². The fraction of sp³-hybridized carbons (Fsp3) is 0.250. The Labute approximate surface area is 63.9 Å². The van der Waals surface area contributed by atoms with Crippen molar-refractivity contribution in [3.05, 3.63) is 45.1 Å². The fourth-order valence-corrected chi connectivity index (χ4v) is 1.34. The molecule has 0 aromatic carbocycles. The Bertz CT molecular complexity index is 310. The third kappa shape index (κ3) is 0.981. The first kappa shape index (κ1) is 6.34. The fourth-order valence-electron chi connectivity index (χ4n) is 1.34. The SMILES string of the molecule is O=[N+]([O-])CC1=CC2=CCC2=C1. The standard InChI is InChI=1S/C8H7NO2/c10-9(11)5-6-3-7-1-2-8(7)4-6/h1,3-4H,2,5H2. The minimum atomic E-state index is -0.297. The molecule has 0 heterocycles. The van der Waals surface area contributed by atoms with E-state index in [1.807, 2.05) is 12.2 Å². The molecule has 0 atom stereocenters. The normalized spacial score (nSPS) is 19.5. The van der Waals surface area contributed by atoms with Crippen LogP contribution in [0.4, 0.5) is 0 Å². The molecule has 0 N–H and O–H groups in total. The molecule has 2 rings (SSSR count). The Balaban J connectivity index is 2.14. The maximum Gasteiger partial charge on any atom is 0.228 e. The summed E-state index contributed by atoms with van der Waals surface area (Å²) in [7, 11) is 0. The van der Waals surface area contributed by atoms with Crippen molar-refractivity contribution in [2.75, 3.05) is 6.54 Å². The van der Waals surface area contributed by atoms with Crippen molar-refractivity contribution in [2.45, 2.75) is 6.42 Å². The molecule has 0 spiro atoms. The second-order valence-electron chi connectivity index (χ2n) is 2.74. The molecule has 0 saturated heterocycles. The molecule has 0 aromatic heterocycles. The molecule has 0 aromatic rings. The van der Waals surface area contributed by atoms with Crippen LogP contribution in [-0.2, 0) is 0 Å². The van der Waals surface area contributed by atoms with Gasteiger partial charge in [-0.2, -0.15) is 0 Å². The molecule has 0 radical (unpaired) electrons. The summed E-state index contributed by atoms with van der Waals surface area (Å²) in [6.45, 7) is -0.0408. The van der Waals surface area contributed by atoms with Crippen molar-refractivity contribution < 1.29 is 4.92 Å². The third-order valence-corrected chi connectivity index (χ3v) is 1.92. The van der Waals surface area contributed by atoms with E-state index < -0.39 is 0 Å². The van der Waals surface area contributed by atoms with E-state index in [1.165, 1.54) is 11.1 Å². The summed E-state index contributed by atoms with van der Waals surface area (Å²) in [4.78, 5) is 9.81. The van der Waals surface area contributed by atoms with Gasteiger partial charge in [0.2, 0.25) is 6.54 Å². The van der Waals surface area contributed by atoms with Crippen LogP contribution in [0.5, 0.6) is 0 Å². The Morgan fingerprint density at radius 2 is 2.36 bits per heavy atom. The number of nitro groups is 1. The molecule has 0 saturated carbocycles. The van der Waals surface area contributed by atoms with Crippen LogP contribution in [-0.4, -0.2) is 11.5 Å². The average Bonchev–Trinajstić information content (AvgIpc) is 2.12. The lowest BCUT2D eigenvalue weighted by atomic mass is 9.95. The Morgan fingerprint density at radius 3 is 2.73 bits per heavy atom. The summed E-state index contributed by atoms with van der Waals surface area (Å²) in [6.07, 6.45) is 6.87. The largest absolute Gasteiger partial charge is 0.264 e. The second-order valence-corrected chi connectivity index (χ2v) is 2.74. The van der Waals surface area contributed by atoms with Gasteiger partial charge < -0.3 is 0 Å². The zero-order valence-corrected chi connectivity index (χ0v) is 5.91. The maximum atomic E-state index is 10.1.